The number of pyridine rings is 8. The van der Waals surface area contributed by atoms with Gasteiger partial charge in [-0.15, -0.1) is 0 Å². The maximum absolute atomic E-state index is 4.76. The van der Waals surface area contributed by atoms with Crippen LogP contribution in [0, 0.1) is 14.9 Å². The third-order valence-electron chi connectivity index (χ3n) is 6.49. The number of hydrogen-bond donors (Lipinski definition) is 0. The predicted octanol–water partition coefficient (Wildman–Crippen LogP) is 12.9. The molecule has 8 aromatic rings. The van der Waals surface area contributed by atoms with Crippen LogP contribution in [-0.2, 0) is 34.6 Å². The molecule has 0 amide bonds. The zero-order valence-electron chi connectivity index (χ0n) is 34.2. The van der Waals surface area contributed by atoms with Crippen molar-refractivity contribution in [3.63, 3.8) is 0 Å². The first-order chi connectivity index (χ1) is 27.9. The summed E-state index contributed by atoms with van der Waals surface area (Å²) in [5, 5.41) is 0. The molecule has 0 aliphatic carbocycles. The van der Waals surface area contributed by atoms with E-state index < -0.39 is 0 Å². The summed E-state index contributed by atoms with van der Waals surface area (Å²) in [7, 11) is 9.53. The molecule has 0 aromatic carbocycles. The Labute approximate surface area is 374 Å². The van der Waals surface area contributed by atoms with Crippen LogP contribution in [0.5, 0.6) is 0 Å². The molecule has 8 rings (SSSR count). The number of aromatic nitrogens is 8. The van der Waals surface area contributed by atoms with Crippen molar-refractivity contribution >= 4 is 19.4 Å². The monoisotopic (exact) mass is 912 g/mol. The summed E-state index contributed by atoms with van der Waals surface area (Å²) in [5.41, 5.74) is 8.07. The third kappa shape index (κ3) is 22.7. The van der Waals surface area contributed by atoms with E-state index >= 15 is 0 Å². The van der Waals surface area contributed by atoms with Gasteiger partial charge < -0.3 is 14.9 Å². The number of hydrogen-bond acceptors (Lipinski definition) is 8. The number of halogens is 2. The van der Waals surface area contributed by atoms with Crippen molar-refractivity contribution in [2.24, 2.45) is 0 Å². The Morgan fingerprint density at radius 2 is 0.500 bits per heavy atom. The summed E-state index contributed by atoms with van der Waals surface area (Å²) in [6.07, 6.45) is 21.4. The molecule has 0 aliphatic heterocycles. The fourth-order valence-electron chi connectivity index (χ4n) is 4.19. The van der Waals surface area contributed by atoms with Crippen molar-refractivity contribution in [3.8, 4) is 45.0 Å². The molecule has 0 spiro atoms. The van der Waals surface area contributed by atoms with E-state index in [2.05, 4.69) is 39.9 Å². The van der Waals surface area contributed by atoms with Crippen LogP contribution >= 0.6 is 19.4 Å². The average Bonchev–Trinajstić information content (AvgIpc) is 3.34. The van der Waals surface area contributed by atoms with Crippen LogP contribution in [0.1, 0.15) is 27.7 Å². The van der Waals surface area contributed by atoms with E-state index in [1.807, 2.05) is 174 Å². The minimum absolute atomic E-state index is 0. The van der Waals surface area contributed by atoms with E-state index in [1.165, 1.54) is 0 Å². The van der Waals surface area contributed by atoms with Crippen LogP contribution in [0.2, 0.25) is 0 Å². The van der Waals surface area contributed by atoms with Gasteiger partial charge in [-0.3, -0.25) is 39.9 Å². The molecule has 0 fully saturated rings. The third-order valence-corrected chi connectivity index (χ3v) is 6.49. The molecule has 58 heavy (non-hydrogen) atoms. The number of nitrogens with zero attached hydrogens (tertiary/aromatic N) is 8. The Morgan fingerprint density at radius 1 is 0.293 bits per heavy atom. The Morgan fingerprint density at radius 3 is 0.638 bits per heavy atom. The fourth-order valence-corrected chi connectivity index (χ4v) is 4.19. The van der Waals surface area contributed by atoms with Gasteiger partial charge in [0.15, 0.2) is 0 Å². The van der Waals surface area contributed by atoms with E-state index in [1.54, 1.807) is 49.6 Å². The van der Waals surface area contributed by atoms with Crippen molar-refractivity contribution in [2.45, 2.75) is 27.7 Å². The summed E-state index contributed by atoms with van der Waals surface area (Å²) in [6.45, 7) is 8.00. The Kier molecular flexibility index (Phi) is 37.0. The molecule has 8 nitrogen and oxygen atoms in total. The summed E-state index contributed by atoms with van der Waals surface area (Å²) in [6, 6.07) is 39.0. The van der Waals surface area contributed by atoms with Gasteiger partial charge in [0.05, 0.1) is 22.8 Å². The van der Waals surface area contributed by atoms with Gasteiger partial charge in [-0.25, -0.2) is 0 Å². The van der Waals surface area contributed by atoms with Gasteiger partial charge >= 0.3 is 54.0 Å². The molecular weight excluding hydrogens is 866 g/mol. The van der Waals surface area contributed by atoms with Crippen LogP contribution in [-0.4, -0.2) is 39.9 Å². The van der Waals surface area contributed by atoms with Gasteiger partial charge in [0.2, 0.25) is 0 Å². The molecule has 0 saturated heterocycles. The van der Waals surface area contributed by atoms with Gasteiger partial charge in [-0.2, -0.15) is 0 Å². The van der Waals surface area contributed by atoms with E-state index in [4.69, 9.17) is 19.4 Å². The Hall–Kier alpha value is -4.97. The number of rotatable bonds is 4. The largest absolute Gasteiger partial charge is 0.264 e. The van der Waals surface area contributed by atoms with Crippen molar-refractivity contribution in [3.05, 3.63) is 211 Å². The smallest absolute Gasteiger partial charge is 0.0717 e. The molecular formula is C46H50Cl2N8Zn2. The molecule has 0 unspecified atom stereocenters. The SMILES string of the molecule is CC.CC.[CH3-].[CH3-].[Cl][Zn+].[Cl][Zn+].c1ccc(-c2cccnc2)nc1.c1ccc(-c2cccnc2)nc1.c1ccc(-c2cccnc2)nc1.c1ccc(-c2cccnc2)nc1. The molecule has 8 aromatic heterocycles. The Balaban J connectivity index is 0. The topological polar surface area (TPSA) is 103 Å². The first kappa shape index (κ1) is 55.1. The van der Waals surface area contributed by atoms with Crippen LogP contribution in [0.3, 0.4) is 0 Å². The van der Waals surface area contributed by atoms with Gasteiger partial charge in [0.25, 0.3) is 0 Å². The summed E-state index contributed by atoms with van der Waals surface area (Å²) >= 11 is 1.69. The molecule has 0 radical (unpaired) electrons. The van der Waals surface area contributed by atoms with Crippen molar-refractivity contribution in [1.82, 2.24) is 39.9 Å². The maximum Gasteiger partial charge on any atom is 0.0717 e. The summed E-state index contributed by atoms with van der Waals surface area (Å²) < 4.78 is 0. The van der Waals surface area contributed by atoms with E-state index in [9.17, 15) is 0 Å². The second-order valence-corrected chi connectivity index (χ2v) is 9.83. The minimum atomic E-state index is 0. The van der Waals surface area contributed by atoms with Crippen LogP contribution in [0.25, 0.3) is 45.0 Å². The summed E-state index contributed by atoms with van der Waals surface area (Å²) in [4.78, 5) is 32.9. The van der Waals surface area contributed by atoms with Gasteiger partial charge in [-0.05, 0) is 97.1 Å². The molecule has 8 heterocycles. The minimum Gasteiger partial charge on any atom is -0.264 e. The molecule has 12 heteroatoms. The van der Waals surface area contributed by atoms with Gasteiger partial charge in [-0.1, -0.05) is 52.0 Å². The van der Waals surface area contributed by atoms with Crippen molar-refractivity contribution in [2.75, 3.05) is 0 Å². The molecule has 0 aliphatic rings. The predicted molar refractivity (Wildman–Crippen MR) is 237 cm³/mol. The normalized spacial score (nSPS) is 8.45. The second-order valence-electron chi connectivity index (χ2n) is 9.83. The standard InChI is InChI=1S/4C10H8N2.2C2H6.2CH3.2ClH.2Zn/c4*1-2-7-12-10(5-1)9-4-3-6-11-8-9;2*1-2;;;;;;/h4*1-8H;2*1-2H3;2*1H3;2*1H;;/q;;;;;;2*-1;;;2*+2/p-2. The van der Waals surface area contributed by atoms with E-state index in [0.717, 1.165) is 79.7 Å². The van der Waals surface area contributed by atoms with Gasteiger partial charge in [0, 0.05) is 96.6 Å². The quantitative estimate of drug-likeness (QED) is 0.127. The van der Waals surface area contributed by atoms with Crippen LogP contribution in [0.15, 0.2) is 196 Å². The van der Waals surface area contributed by atoms with E-state index in [-0.39, 0.29) is 14.9 Å². The maximum atomic E-state index is 4.76. The molecule has 0 atom stereocenters. The second kappa shape index (κ2) is 38.9. The van der Waals surface area contributed by atoms with Crippen LogP contribution in [0.4, 0.5) is 0 Å². The Bertz CT molecular complexity index is 1550. The zero-order chi connectivity index (χ0) is 40.9. The first-order valence-electron chi connectivity index (χ1n) is 17.7. The average molecular weight is 917 g/mol. The van der Waals surface area contributed by atoms with Gasteiger partial charge in [0.1, 0.15) is 0 Å². The van der Waals surface area contributed by atoms with Crippen LogP contribution < -0.4 is 0 Å². The molecule has 292 valence electrons. The molecule has 0 bridgehead atoms. The van der Waals surface area contributed by atoms with Crippen molar-refractivity contribution in [1.29, 1.82) is 0 Å². The fraction of sp³-hybridized carbons (Fsp3) is 0.0870. The van der Waals surface area contributed by atoms with E-state index in [0.29, 0.717) is 0 Å². The first-order valence-corrected chi connectivity index (χ1v) is 25.5. The summed E-state index contributed by atoms with van der Waals surface area (Å²) in [5.74, 6) is 0. The zero-order valence-corrected chi connectivity index (χ0v) is 41.7. The molecule has 0 N–H and O–H groups in total. The van der Waals surface area contributed by atoms with Crippen molar-refractivity contribution < 1.29 is 34.6 Å². The molecule has 0 saturated carbocycles.